The molecule has 1 fully saturated rings. The molecule has 1 aromatic heterocycles. The Kier molecular flexibility index (Phi) is 3.96. The van der Waals surface area contributed by atoms with Crippen molar-refractivity contribution in [3.05, 3.63) is 23.1 Å². The summed E-state index contributed by atoms with van der Waals surface area (Å²) in [4.78, 5) is 3.79. The molecule has 1 aliphatic rings. The Morgan fingerprint density at radius 3 is 3.19 bits per heavy atom. The van der Waals surface area contributed by atoms with Crippen LogP contribution in [0.2, 0.25) is 5.02 Å². The van der Waals surface area contributed by atoms with E-state index in [1.54, 1.807) is 0 Å². The summed E-state index contributed by atoms with van der Waals surface area (Å²) in [5, 5.41) is 0.269. The molecule has 0 amide bonds. The zero-order valence-electron chi connectivity index (χ0n) is 8.79. The van der Waals surface area contributed by atoms with Crippen LogP contribution in [0.5, 0.6) is 5.88 Å². The van der Waals surface area contributed by atoms with Crippen LogP contribution < -0.4 is 4.74 Å². The number of hydrogen-bond acceptors (Lipinski definition) is 3. The minimum atomic E-state index is -0.524. The van der Waals surface area contributed by atoms with Crippen molar-refractivity contribution >= 4 is 11.6 Å². The van der Waals surface area contributed by atoms with Crippen molar-refractivity contribution in [2.24, 2.45) is 5.92 Å². The van der Waals surface area contributed by atoms with Crippen LogP contribution in [0.4, 0.5) is 4.39 Å². The molecule has 0 aliphatic carbocycles. The fourth-order valence-electron chi connectivity index (χ4n) is 1.64. The van der Waals surface area contributed by atoms with Crippen LogP contribution in [-0.4, -0.2) is 24.8 Å². The Labute approximate surface area is 98.5 Å². The summed E-state index contributed by atoms with van der Waals surface area (Å²) in [5.74, 6) is -0.190. The van der Waals surface area contributed by atoms with Gasteiger partial charge in [-0.2, -0.15) is 0 Å². The number of hydrogen-bond donors (Lipinski definition) is 0. The summed E-state index contributed by atoms with van der Waals surface area (Å²) >= 11 is 5.59. The first kappa shape index (κ1) is 11.6. The van der Waals surface area contributed by atoms with Crippen LogP contribution in [0.15, 0.2) is 12.3 Å². The standard InChI is InChI=1S/C11H13ClFNO2/c12-9-4-10(13)11(14-5-9)16-7-8-2-1-3-15-6-8/h4-5,8H,1-3,6-7H2/t8-/m0/s1. The number of aromatic nitrogens is 1. The van der Waals surface area contributed by atoms with Gasteiger partial charge in [0.15, 0.2) is 5.82 Å². The zero-order valence-corrected chi connectivity index (χ0v) is 9.54. The number of ether oxygens (including phenoxy) is 2. The van der Waals surface area contributed by atoms with Gasteiger partial charge in [-0.05, 0) is 18.9 Å². The van der Waals surface area contributed by atoms with Gasteiger partial charge in [0.05, 0.1) is 18.2 Å². The highest BCUT2D eigenvalue weighted by molar-refractivity contribution is 6.30. The van der Waals surface area contributed by atoms with Crippen molar-refractivity contribution in [3.8, 4) is 5.88 Å². The maximum Gasteiger partial charge on any atom is 0.250 e. The fourth-order valence-corrected chi connectivity index (χ4v) is 1.79. The Hall–Kier alpha value is -0.870. The van der Waals surface area contributed by atoms with Gasteiger partial charge in [-0.15, -0.1) is 0 Å². The zero-order chi connectivity index (χ0) is 11.4. The molecule has 1 atom stereocenters. The Bertz CT molecular complexity index is 356. The molecular formula is C11H13ClFNO2. The second-order valence-corrected chi connectivity index (χ2v) is 4.27. The molecule has 3 nitrogen and oxygen atoms in total. The highest BCUT2D eigenvalue weighted by atomic mass is 35.5. The van der Waals surface area contributed by atoms with Crippen LogP contribution >= 0.6 is 11.6 Å². The molecule has 0 saturated carbocycles. The van der Waals surface area contributed by atoms with Gasteiger partial charge in [0, 0.05) is 18.7 Å². The van der Waals surface area contributed by atoms with E-state index in [2.05, 4.69) is 4.98 Å². The van der Waals surface area contributed by atoms with E-state index in [0.29, 0.717) is 19.1 Å². The first-order valence-electron chi connectivity index (χ1n) is 5.27. The van der Waals surface area contributed by atoms with E-state index < -0.39 is 5.82 Å². The van der Waals surface area contributed by atoms with Gasteiger partial charge < -0.3 is 9.47 Å². The molecular weight excluding hydrogens is 233 g/mol. The molecule has 5 heteroatoms. The van der Waals surface area contributed by atoms with Crippen LogP contribution in [0.3, 0.4) is 0 Å². The van der Waals surface area contributed by atoms with Crippen molar-refractivity contribution in [2.45, 2.75) is 12.8 Å². The maximum absolute atomic E-state index is 13.3. The molecule has 1 aliphatic heterocycles. The predicted molar refractivity (Wildman–Crippen MR) is 58.2 cm³/mol. The Balaban J connectivity index is 1.88. The van der Waals surface area contributed by atoms with Crippen LogP contribution in [0.1, 0.15) is 12.8 Å². The third-order valence-electron chi connectivity index (χ3n) is 2.48. The number of nitrogens with zero attached hydrogens (tertiary/aromatic N) is 1. The lowest BCUT2D eigenvalue weighted by Gasteiger charge is -2.21. The summed E-state index contributed by atoms with van der Waals surface area (Å²) in [5.41, 5.74) is 0. The van der Waals surface area contributed by atoms with E-state index in [-0.39, 0.29) is 10.9 Å². The highest BCUT2D eigenvalue weighted by Gasteiger charge is 2.16. The lowest BCUT2D eigenvalue weighted by molar-refractivity contribution is 0.0337. The molecule has 1 saturated heterocycles. The summed E-state index contributed by atoms with van der Waals surface area (Å²) in [6.45, 7) is 1.92. The van der Waals surface area contributed by atoms with Gasteiger partial charge in [0.2, 0.25) is 5.88 Å². The third kappa shape index (κ3) is 3.06. The first-order chi connectivity index (χ1) is 7.75. The highest BCUT2D eigenvalue weighted by Crippen LogP contribution is 2.20. The van der Waals surface area contributed by atoms with Crippen LogP contribution in [0.25, 0.3) is 0 Å². The molecule has 2 rings (SSSR count). The second-order valence-electron chi connectivity index (χ2n) is 3.83. The van der Waals surface area contributed by atoms with E-state index in [0.717, 1.165) is 19.4 Å². The summed E-state index contributed by atoms with van der Waals surface area (Å²) < 4.78 is 23.9. The van der Waals surface area contributed by atoms with Crippen LogP contribution in [-0.2, 0) is 4.74 Å². The Morgan fingerprint density at radius 1 is 1.62 bits per heavy atom. The fraction of sp³-hybridized carbons (Fsp3) is 0.545. The largest absolute Gasteiger partial charge is 0.475 e. The third-order valence-corrected chi connectivity index (χ3v) is 2.69. The van der Waals surface area contributed by atoms with Gasteiger partial charge in [-0.25, -0.2) is 9.37 Å². The van der Waals surface area contributed by atoms with Gasteiger partial charge in [-0.3, -0.25) is 0 Å². The average molecular weight is 246 g/mol. The number of halogens is 2. The van der Waals surface area contributed by atoms with Crippen LogP contribution in [0, 0.1) is 11.7 Å². The van der Waals surface area contributed by atoms with Gasteiger partial charge in [0.1, 0.15) is 0 Å². The molecule has 0 unspecified atom stereocenters. The van der Waals surface area contributed by atoms with Gasteiger partial charge >= 0.3 is 0 Å². The van der Waals surface area contributed by atoms with E-state index in [1.165, 1.54) is 12.3 Å². The summed E-state index contributed by atoms with van der Waals surface area (Å²) in [7, 11) is 0. The lowest BCUT2D eigenvalue weighted by atomic mass is 10.0. The molecule has 0 aromatic carbocycles. The average Bonchev–Trinajstić information content (AvgIpc) is 2.29. The monoisotopic (exact) mass is 245 g/mol. The normalized spacial score (nSPS) is 20.8. The predicted octanol–water partition coefficient (Wildman–Crippen LogP) is 2.68. The molecule has 2 heterocycles. The van der Waals surface area contributed by atoms with Crippen molar-refractivity contribution < 1.29 is 13.9 Å². The van der Waals surface area contributed by atoms with Gasteiger partial charge in [-0.1, -0.05) is 11.6 Å². The maximum atomic E-state index is 13.3. The minimum absolute atomic E-state index is 0.00923. The summed E-state index contributed by atoms with van der Waals surface area (Å²) in [6.07, 6.45) is 3.46. The minimum Gasteiger partial charge on any atom is -0.475 e. The topological polar surface area (TPSA) is 31.4 Å². The molecule has 88 valence electrons. The number of rotatable bonds is 3. The second kappa shape index (κ2) is 5.46. The molecule has 16 heavy (non-hydrogen) atoms. The van der Waals surface area contributed by atoms with E-state index >= 15 is 0 Å². The first-order valence-corrected chi connectivity index (χ1v) is 5.65. The van der Waals surface area contributed by atoms with E-state index in [9.17, 15) is 4.39 Å². The molecule has 1 aromatic rings. The Morgan fingerprint density at radius 2 is 2.50 bits per heavy atom. The lowest BCUT2D eigenvalue weighted by Crippen LogP contribution is -2.23. The summed E-state index contributed by atoms with van der Waals surface area (Å²) in [6, 6.07) is 1.20. The molecule has 0 bridgehead atoms. The van der Waals surface area contributed by atoms with Crippen molar-refractivity contribution in [1.82, 2.24) is 4.98 Å². The van der Waals surface area contributed by atoms with Gasteiger partial charge in [0.25, 0.3) is 0 Å². The van der Waals surface area contributed by atoms with Crippen molar-refractivity contribution in [3.63, 3.8) is 0 Å². The smallest absolute Gasteiger partial charge is 0.250 e. The molecule has 0 radical (unpaired) electrons. The van der Waals surface area contributed by atoms with E-state index in [4.69, 9.17) is 21.1 Å². The molecule has 0 spiro atoms. The molecule has 0 N–H and O–H groups in total. The quantitative estimate of drug-likeness (QED) is 0.821. The SMILES string of the molecule is Fc1cc(Cl)cnc1OC[C@H]1CCCOC1. The van der Waals surface area contributed by atoms with E-state index in [1.807, 2.05) is 0 Å². The van der Waals surface area contributed by atoms with Crippen molar-refractivity contribution in [1.29, 1.82) is 0 Å². The van der Waals surface area contributed by atoms with Crippen molar-refractivity contribution in [2.75, 3.05) is 19.8 Å². The number of pyridine rings is 1.